The maximum Gasteiger partial charge on any atom is 0.240 e. The molecule has 0 radical (unpaired) electrons. The number of aryl methyl sites for hydroxylation is 1. The van der Waals surface area contributed by atoms with Gasteiger partial charge in [-0.1, -0.05) is 25.0 Å². The Labute approximate surface area is 140 Å². The van der Waals surface area contributed by atoms with E-state index in [1.54, 1.807) is 19.1 Å². The molecule has 1 aliphatic heterocycles. The van der Waals surface area contributed by atoms with Gasteiger partial charge in [0.2, 0.25) is 17.7 Å². The molecule has 24 heavy (non-hydrogen) atoms. The molecule has 2 atom stereocenters. The van der Waals surface area contributed by atoms with Crippen LogP contribution in [0.5, 0.6) is 0 Å². The van der Waals surface area contributed by atoms with Crippen LogP contribution in [0.3, 0.4) is 0 Å². The molecule has 5 nitrogen and oxygen atoms in total. The van der Waals surface area contributed by atoms with Gasteiger partial charge >= 0.3 is 0 Å². The van der Waals surface area contributed by atoms with Gasteiger partial charge in [0.15, 0.2) is 0 Å². The van der Waals surface area contributed by atoms with Crippen LogP contribution in [0.15, 0.2) is 18.2 Å². The van der Waals surface area contributed by atoms with Gasteiger partial charge < -0.3 is 5.32 Å². The van der Waals surface area contributed by atoms with Crippen molar-refractivity contribution in [3.05, 3.63) is 35.1 Å². The zero-order valence-corrected chi connectivity index (χ0v) is 13.7. The number of likely N-dealkylation sites (tertiary alicyclic amines) is 1. The molecule has 1 saturated carbocycles. The smallest absolute Gasteiger partial charge is 0.240 e. The highest BCUT2D eigenvalue weighted by Gasteiger charge is 2.48. The van der Waals surface area contributed by atoms with Gasteiger partial charge in [0.25, 0.3) is 0 Å². The normalized spacial score (nSPS) is 23.3. The van der Waals surface area contributed by atoms with E-state index in [0.29, 0.717) is 11.1 Å². The van der Waals surface area contributed by atoms with E-state index in [9.17, 15) is 18.8 Å². The first kappa shape index (κ1) is 16.6. The van der Waals surface area contributed by atoms with Crippen LogP contribution in [0.2, 0.25) is 0 Å². The molecule has 1 aromatic carbocycles. The quantitative estimate of drug-likeness (QED) is 0.857. The van der Waals surface area contributed by atoms with E-state index < -0.39 is 5.91 Å². The van der Waals surface area contributed by atoms with Gasteiger partial charge in [0.05, 0.1) is 11.8 Å². The van der Waals surface area contributed by atoms with Crippen LogP contribution in [0, 0.1) is 24.6 Å². The average molecular weight is 332 g/mol. The molecule has 128 valence electrons. The van der Waals surface area contributed by atoms with Crippen molar-refractivity contribution in [3.63, 3.8) is 0 Å². The minimum Gasteiger partial charge on any atom is -0.350 e. The molecule has 6 heteroatoms. The Kier molecular flexibility index (Phi) is 4.64. The van der Waals surface area contributed by atoms with Gasteiger partial charge in [-0.15, -0.1) is 0 Å². The zero-order chi connectivity index (χ0) is 17.3. The van der Waals surface area contributed by atoms with Gasteiger partial charge in [-0.3, -0.25) is 19.3 Å². The lowest BCUT2D eigenvalue weighted by Crippen LogP contribution is -2.40. The number of benzene rings is 1. The molecule has 3 amide bonds. The highest BCUT2D eigenvalue weighted by molar-refractivity contribution is 6.07. The third kappa shape index (κ3) is 3.18. The molecule has 0 bridgehead atoms. The third-order valence-electron chi connectivity index (χ3n) is 4.96. The van der Waals surface area contributed by atoms with Crippen molar-refractivity contribution in [1.29, 1.82) is 0 Å². The van der Waals surface area contributed by atoms with E-state index >= 15 is 0 Å². The molecule has 1 aromatic rings. The number of fused-ring (bicyclic) bond motifs is 1. The second kappa shape index (κ2) is 6.71. The fraction of sp³-hybridized carbons (Fsp3) is 0.500. The largest absolute Gasteiger partial charge is 0.350 e. The number of hydrogen-bond donors (Lipinski definition) is 1. The molecular weight excluding hydrogens is 311 g/mol. The van der Waals surface area contributed by atoms with Crippen LogP contribution in [0.25, 0.3) is 0 Å². The number of carbonyl (C=O) groups excluding carboxylic acids is 3. The Balaban J connectivity index is 1.57. The molecule has 1 saturated heterocycles. The lowest BCUT2D eigenvalue weighted by Gasteiger charge is -2.19. The Hall–Kier alpha value is -2.24. The first-order valence-corrected chi connectivity index (χ1v) is 8.34. The summed E-state index contributed by atoms with van der Waals surface area (Å²) in [5.41, 5.74) is 1.18. The Morgan fingerprint density at radius 3 is 2.42 bits per heavy atom. The van der Waals surface area contributed by atoms with E-state index in [1.165, 1.54) is 6.07 Å². The highest BCUT2D eigenvalue weighted by atomic mass is 19.1. The molecule has 1 heterocycles. The number of carbonyl (C=O) groups is 3. The molecule has 1 N–H and O–H groups in total. The Morgan fingerprint density at radius 2 is 1.83 bits per heavy atom. The molecule has 2 aliphatic rings. The minimum absolute atomic E-state index is 0.166. The van der Waals surface area contributed by atoms with Crippen molar-refractivity contribution in [2.75, 3.05) is 6.54 Å². The van der Waals surface area contributed by atoms with Crippen LogP contribution in [0.4, 0.5) is 4.39 Å². The minimum atomic E-state index is -0.406. The standard InChI is InChI=1S/C18H21FN2O3/c1-11-6-7-12(8-15(11)19)9-20-16(22)10-21-17(23)13-4-2-3-5-14(13)18(21)24/h6-8,13-14H,2-5,9-10H2,1H3,(H,20,22)/t13-,14+. The summed E-state index contributed by atoms with van der Waals surface area (Å²) >= 11 is 0. The van der Waals surface area contributed by atoms with Gasteiger partial charge in [-0.05, 0) is 37.0 Å². The van der Waals surface area contributed by atoms with E-state index in [4.69, 9.17) is 0 Å². The molecular formula is C18H21FN2O3. The number of hydrogen-bond acceptors (Lipinski definition) is 3. The second-order valence-corrected chi connectivity index (χ2v) is 6.62. The van der Waals surface area contributed by atoms with Crippen molar-refractivity contribution in [2.45, 2.75) is 39.2 Å². The van der Waals surface area contributed by atoms with E-state index in [0.717, 1.165) is 30.6 Å². The SMILES string of the molecule is Cc1ccc(CNC(=O)CN2C(=O)[C@H]3CCCC[C@H]3C2=O)cc1F. The maximum atomic E-state index is 13.5. The van der Waals surface area contributed by atoms with Crippen molar-refractivity contribution in [3.8, 4) is 0 Å². The molecule has 0 spiro atoms. The first-order valence-electron chi connectivity index (χ1n) is 8.34. The van der Waals surface area contributed by atoms with Crippen molar-refractivity contribution in [2.24, 2.45) is 11.8 Å². The van der Waals surface area contributed by atoms with Gasteiger partial charge in [-0.25, -0.2) is 4.39 Å². The fourth-order valence-electron chi connectivity index (χ4n) is 3.53. The van der Waals surface area contributed by atoms with Crippen molar-refractivity contribution < 1.29 is 18.8 Å². The average Bonchev–Trinajstić information content (AvgIpc) is 2.81. The number of nitrogens with zero attached hydrogens (tertiary/aromatic N) is 1. The highest BCUT2D eigenvalue weighted by Crippen LogP contribution is 2.37. The summed E-state index contributed by atoms with van der Waals surface area (Å²) in [6.07, 6.45) is 3.38. The topological polar surface area (TPSA) is 66.5 Å². The van der Waals surface area contributed by atoms with Gasteiger partial charge in [-0.2, -0.15) is 0 Å². The molecule has 1 aliphatic carbocycles. The number of amides is 3. The predicted molar refractivity (Wildman–Crippen MR) is 85.2 cm³/mol. The number of imide groups is 1. The molecule has 3 rings (SSSR count). The Bertz CT molecular complexity index is 665. The summed E-state index contributed by atoms with van der Waals surface area (Å²) in [5.74, 6) is -1.66. The van der Waals surface area contributed by atoms with Crippen molar-refractivity contribution >= 4 is 17.7 Å². The third-order valence-corrected chi connectivity index (χ3v) is 4.96. The van der Waals surface area contributed by atoms with E-state index in [1.807, 2.05) is 0 Å². The van der Waals surface area contributed by atoms with Crippen LogP contribution in [-0.4, -0.2) is 29.2 Å². The van der Waals surface area contributed by atoms with Gasteiger partial charge in [0.1, 0.15) is 12.4 Å². The monoisotopic (exact) mass is 332 g/mol. The second-order valence-electron chi connectivity index (χ2n) is 6.62. The van der Waals surface area contributed by atoms with Crippen LogP contribution in [0.1, 0.15) is 36.8 Å². The number of nitrogens with one attached hydrogen (secondary N) is 1. The summed E-state index contributed by atoms with van der Waals surface area (Å²) < 4.78 is 13.5. The summed E-state index contributed by atoms with van der Waals surface area (Å²) in [5, 5.41) is 2.64. The Morgan fingerprint density at radius 1 is 1.21 bits per heavy atom. The number of halogens is 1. The van der Waals surface area contributed by atoms with E-state index in [-0.39, 0.29) is 42.6 Å². The number of rotatable bonds is 4. The molecule has 0 unspecified atom stereocenters. The fourth-order valence-corrected chi connectivity index (χ4v) is 3.53. The predicted octanol–water partition coefficient (Wildman–Crippen LogP) is 1.93. The zero-order valence-electron chi connectivity index (χ0n) is 13.7. The summed E-state index contributed by atoms with van der Waals surface area (Å²) in [6.45, 7) is 1.58. The summed E-state index contributed by atoms with van der Waals surface area (Å²) in [6, 6.07) is 4.75. The lowest BCUT2D eigenvalue weighted by atomic mass is 9.81. The van der Waals surface area contributed by atoms with Crippen molar-refractivity contribution in [1.82, 2.24) is 10.2 Å². The molecule has 0 aromatic heterocycles. The first-order chi connectivity index (χ1) is 11.5. The maximum absolute atomic E-state index is 13.5. The molecule has 2 fully saturated rings. The van der Waals surface area contributed by atoms with Crippen LogP contribution in [-0.2, 0) is 20.9 Å². The van der Waals surface area contributed by atoms with Gasteiger partial charge in [0, 0.05) is 6.54 Å². The summed E-state index contributed by atoms with van der Waals surface area (Å²) in [4.78, 5) is 37.8. The van der Waals surface area contributed by atoms with E-state index in [2.05, 4.69) is 5.32 Å². The van der Waals surface area contributed by atoms with Crippen LogP contribution >= 0.6 is 0 Å². The van der Waals surface area contributed by atoms with Crippen LogP contribution < -0.4 is 5.32 Å². The summed E-state index contributed by atoms with van der Waals surface area (Å²) in [7, 11) is 0. The lowest BCUT2D eigenvalue weighted by molar-refractivity contribution is -0.143.